The van der Waals surface area contributed by atoms with E-state index in [4.69, 9.17) is 5.11 Å². The summed E-state index contributed by atoms with van der Waals surface area (Å²) < 4.78 is 0. The monoisotopic (exact) mass is 319 g/mol. The summed E-state index contributed by atoms with van der Waals surface area (Å²) in [7, 11) is 0. The lowest BCUT2D eigenvalue weighted by molar-refractivity contribution is 0.282. The van der Waals surface area contributed by atoms with Crippen LogP contribution in [0.3, 0.4) is 0 Å². The zero-order valence-electron chi connectivity index (χ0n) is 16.1. The molecule has 0 radical (unpaired) electrons. The molecule has 2 N–H and O–H groups in total. The van der Waals surface area contributed by atoms with Gasteiger partial charge >= 0.3 is 0 Å². The molecule has 0 bridgehead atoms. The summed E-state index contributed by atoms with van der Waals surface area (Å²) in [5, 5.41) is 12.4. The smallest absolute Gasteiger partial charge is 0.0431 e. The molecule has 23 heavy (non-hydrogen) atoms. The van der Waals surface area contributed by atoms with Crippen LogP contribution in [0.15, 0.2) is 18.2 Å². The van der Waals surface area contributed by atoms with E-state index >= 15 is 0 Å². The van der Waals surface area contributed by atoms with Crippen LogP contribution in [0.1, 0.15) is 83.9 Å². The first-order valence-corrected chi connectivity index (χ1v) is 9.11. The highest BCUT2D eigenvalue weighted by molar-refractivity contribution is 5.37. The topological polar surface area (TPSA) is 32.3 Å². The van der Waals surface area contributed by atoms with Gasteiger partial charge in [-0.25, -0.2) is 0 Å². The predicted molar refractivity (Wildman–Crippen MR) is 101 cm³/mol. The summed E-state index contributed by atoms with van der Waals surface area (Å²) >= 11 is 0. The molecular weight excluding hydrogens is 282 g/mol. The summed E-state index contributed by atoms with van der Waals surface area (Å²) in [4.78, 5) is 0. The maximum atomic E-state index is 8.79. The van der Waals surface area contributed by atoms with Gasteiger partial charge in [0, 0.05) is 13.2 Å². The van der Waals surface area contributed by atoms with E-state index in [1.165, 1.54) is 29.5 Å². The molecule has 0 unspecified atom stereocenters. The summed E-state index contributed by atoms with van der Waals surface area (Å²) in [5.41, 5.74) is 4.59. The molecule has 0 heterocycles. The largest absolute Gasteiger partial charge is 0.396 e. The summed E-state index contributed by atoms with van der Waals surface area (Å²) in [5.74, 6) is 0. The number of hydrogen-bond acceptors (Lipinski definition) is 2. The number of nitrogens with one attached hydrogen (secondary N) is 1. The van der Waals surface area contributed by atoms with Gasteiger partial charge in [-0.15, -0.1) is 0 Å². The minimum atomic E-state index is 0.181. The van der Waals surface area contributed by atoms with E-state index < -0.39 is 0 Å². The van der Waals surface area contributed by atoms with Crippen molar-refractivity contribution >= 4 is 0 Å². The molecule has 1 aromatic carbocycles. The molecule has 2 nitrogen and oxygen atoms in total. The van der Waals surface area contributed by atoms with Gasteiger partial charge in [-0.3, -0.25) is 0 Å². The molecule has 0 fully saturated rings. The van der Waals surface area contributed by atoms with Crippen LogP contribution in [0.25, 0.3) is 0 Å². The highest BCUT2D eigenvalue weighted by atomic mass is 16.2. The molecule has 0 aromatic heterocycles. The van der Waals surface area contributed by atoms with Gasteiger partial charge in [-0.1, -0.05) is 72.6 Å². The predicted octanol–water partition coefficient (Wildman–Crippen LogP) is 4.92. The van der Waals surface area contributed by atoms with Crippen molar-refractivity contribution in [2.45, 2.75) is 84.6 Å². The molecule has 2 heteroatoms. The van der Waals surface area contributed by atoms with Gasteiger partial charge in [-0.2, -0.15) is 0 Å². The molecular formula is C21H37NO. The van der Waals surface area contributed by atoms with Crippen LogP contribution in [-0.4, -0.2) is 18.3 Å². The lowest BCUT2D eigenvalue weighted by atomic mass is 9.79. The van der Waals surface area contributed by atoms with Crippen molar-refractivity contribution in [3.63, 3.8) is 0 Å². The third kappa shape index (κ3) is 7.50. The van der Waals surface area contributed by atoms with E-state index in [-0.39, 0.29) is 10.8 Å². The van der Waals surface area contributed by atoms with Crippen molar-refractivity contribution in [1.29, 1.82) is 0 Å². The van der Waals surface area contributed by atoms with Crippen LogP contribution in [0.5, 0.6) is 0 Å². The maximum Gasteiger partial charge on any atom is 0.0431 e. The molecule has 0 saturated heterocycles. The molecule has 0 aliphatic carbocycles. The van der Waals surface area contributed by atoms with Crippen LogP contribution in [0.4, 0.5) is 0 Å². The molecule has 0 spiro atoms. The Morgan fingerprint density at radius 1 is 0.783 bits per heavy atom. The Hall–Kier alpha value is -0.860. The Morgan fingerprint density at radius 3 is 1.78 bits per heavy atom. The lowest BCUT2D eigenvalue weighted by Gasteiger charge is -2.26. The summed E-state index contributed by atoms with van der Waals surface area (Å²) in [6, 6.07) is 7.08. The third-order valence-electron chi connectivity index (χ3n) is 4.32. The zero-order chi connectivity index (χ0) is 17.5. The van der Waals surface area contributed by atoms with Gasteiger partial charge < -0.3 is 10.4 Å². The van der Waals surface area contributed by atoms with Crippen LogP contribution >= 0.6 is 0 Å². The first-order valence-electron chi connectivity index (χ1n) is 9.11. The minimum absolute atomic E-state index is 0.181. The van der Waals surface area contributed by atoms with E-state index in [9.17, 15) is 0 Å². The van der Waals surface area contributed by atoms with Crippen molar-refractivity contribution < 1.29 is 5.11 Å². The average Bonchev–Trinajstić information content (AvgIpc) is 2.44. The highest BCUT2D eigenvalue weighted by Crippen LogP contribution is 2.30. The molecule has 0 aliphatic heterocycles. The summed E-state index contributed by atoms with van der Waals surface area (Å²) in [6.45, 7) is 16.0. The molecule has 0 aliphatic rings. The SMILES string of the molecule is CC(C)(C)c1cc(CNCCCCCCO)cc(C(C)(C)C)c1. The first kappa shape index (κ1) is 20.2. The number of rotatable bonds is 8. The second-order valence-electron chi connectivity index (χ2n) is 8.73. The van der Waals surface area contributed by atoms with E-state index in [2.05, 4.69) is 65.1 Å². The Morgan fingerprint density at radius 2 is 1.30 bits per heavy atom. The van der Waals surface area contributed by atoms with Crippen molar-refractivity contribution in [1.82, 2.24) is 5.32 Å². The normalized spacial score (nSPS) is 12.7. The van der Waals surface area contributed by atoms with Crippen molar-refractivity contribution in [3.8, 4) is 0 Å². The number of aliphatic hydroxyl groups excluding tert-OH is 1. The second kappa shape index (κ2) is 8.84. The van der Waals surface area contributed by atoms with Crippen LogP contribution in [0.2, 0.25) is 0 Å². The first-order chi connectivity index (χ1) is 10.6. The molecule has 0 amide bonds. The van der Waals surface area contributed by atoms with Crippen molar-refractivity contribution in [3.05, 3.63) is 34.9 Å². The van der Waals surface area contributed by atoms with E-state index in [0.29, 0.717) is 6.61 Å². The number of hydrogen-bond donors (Lipinski definition) is 2. The molecule has 1 rings (SSSR count). The van der Waals surface area contributed by atoms with Gasteiger partial charge in [0.15, 0.2) is 0 Å². The number of aliphatic hydroxyl groups is 1. The molecule has 0 saturated carbocycles. The fourth-order valence-corrected chi connectivity index (χ4v) is 2.61. The molecule has 0 atom stereocenters. The Bertz CT molecular complexity index is 433. The summed E-state index contributed by atoms with van der Waals surface area (Å²) in [6.07, 6.45) is 4.45. The number of unbranched alkanes of at least 4 members (excludes halogenated alkanes) is 3. The van der Waals surface area contributed by atoms with Crippen LogP contribution < -0.4 is 5.32 Å². The standard InChI is InChI=1S/C21H37NO/c1-20(2,3)18-13-17(14-19(15-18)21(4,5)6)16-22-11-9-7-8-10-12-23/h13-15,22-23H,7-12,16H2,1-6H3. The van der Waals surface area contributed by atoms with Crippen LogP contribution in [-0.2, 0) is 17.4 Å². The zero-order valence-corrected chi connectivity index (χ0v) is 16.1. The van der Waals surface area contributed by atoms with Gasteiger partial charge in [0.2, 0.25) is 0 Å². The van der Waals surface area contributed by atoms with Crippen molar-refractivity contribution in [2.75, 3.05) is 13.2 Å². The Kier molecular flexibility index (Phi) is 7.76. The molecule has 132 valence electrons. The lowest BCUT2D eigenvalue weighted by Crippen LogP contribution is -2.19. The van der Waals surface area contributed by atoms with Gasteiger partial charge in [-0.05, 0) is 46.9 Å². The number of benzene rings is 1. The second-order valence-corrected chi connectivity index (χ2v) is 8.73. The average molecular weight is 320 g/mol. The van der Waals surface area contributed by atoms with E-state index in [1.54, 1.807) is 0 Å². The van der Waals surface area contributed by atoms with Gasteiger partial charge in [0.05, 0.1) is 0 Å². The fraction of sp³-hybridized carbons (Fsp3) is 0.714. The van der Waals surface area contributed by atoms with Crippen molar-refractivity contribution in [2.24, 2.45) is 0 Å². The third-order valence-corrected chi connectivity index (χ3v) is 4.32. The van der Waals surface area contributed by atoms with Gasteiger partial charge in [0.1, 0.15) is 0 Å². The van der Waals surface area contributed by atoms with Gasteiger partial charge in [0.25, 0.3) is 0 Å². The fourth-order valence-electron chi connectivity index (χ4n) is 2.61. The Labute approximate surface area is 143 Å². The molecule has 1 aromatic rings. The maximum absolute atomic E-state index is 8.79. The van der Waals surface area contributed by atoms with Crippen LogP contribution in [0, 0.1) is 0 Å². The highest BCUT2D eigenvalue weighted by Gasteiger charge is 2.20. The van der Waals surface area contributed by atoms with E-state index in [0.717, 1.165) is 25.9 Å². The Balaban J connectivity index is 2.67. The quantitative estimate of drug-likeness (QED) is 0.666. The minimum Gasteiger partial charge on any atom is -0.396 e. The van der Waals surface area contributed by atoms with E-state index in [1.807, 2.05) is 0 Å².